The van der Waals surface area contributed by atoms with Crippen molar-refractivity contribution in [2.45, 2.75) is 25.5 Å². The van der Waals surface area contributed by atoms with Crippen LogP contribution in [0.2, 0.25) is 5.02 Å². The van der Waals surface area contributed by atoms with Gasteiger partial charge in [-0.15, -0.1) is 5.10 Å². The number of nitrogens with zero attached hydrogens (tertiary/aromatic N) is 4. The van der Waals surface area contributed by atoms with Crippen LogP contribution in [-0.2, 0) is 6.61 Å². The minimum atomic E-state index is -0.128. The van der Waals surface area contributed by atoms with Crippen molar-refractivity contribution in [3.8, 4) is 5.75 Å². The molecule has 0 aliphatic carbocycles. The Bertz CT molecular complexity index is 1020. The lowest BCUT2D eigenvalue weighted by Crippen LogP contribution is -2.37. The van der Waals surface area contributed by atoms with E-state index in [-0.39, 0.29) is 31.0 Å². The standard InChI is InChI=1S/C18H19ClN6O3/c19-13-6-10(18(27)25-5-1-2-12(25)8-26)3-4-11(13)9-28-14-7-15(20)21-17-16(14)22-24-23-17/h3-4,6-7,12,26H,1-2,5,8-9H2,(H3,20,21,22,23,24). The smallest absolute Gasteiger partial charge is 0.254 e. The molecule has 0 bridgehead atoms. The lowest BCUT2D eigenvalue weighted by Gasteiger charge is -2.23. The van der Waals surface area contributed by atoms with E-state index in [0.29, 0.717) is 39.6 Å². The molecule has 0 radical (unpaired) electrons. The van der Waals surface area contributed by atoms with Crippen LogP contribution in [0, 0.1) is 0 Å². The highest BCUT2D eigenvalue weighted by atomic mass is 35.5. The summed E-state index contributed by atoms with van der Waals surface area (Å²) in [4.78, 5) is 18.5. The largest absolute Gasteiger partial charge is 0.486 e. The molecule has 10 heteroatoms. The fraction of sp³-hybridized carbons (Fsp3) is 0.333. The Balaban J connectivity index is 1.50. The van der Waals surface area contributed by atoms with E-state index in [4.69, 9.17) is 22.1 Å². The summed E-state index contributed by atoms with van der Waals surface area (Å²) in [5.41, 5.74) is 7.80. The first-order valence-electron chi connectivity index (χ1n) is 8.87. The molecule has 4 rings (SSSR count). The molecule has 1 atom stereocenters. The van der Waals surface area contributed by atoms with Gasteiger partial charge in [-0.25, -0.2) is 4.98 Å². The zero-order valence-electron chi connectivity index (χ0n) is 14.9. The molecular formula is C18H19ClN6O3. The number of nitrogens with two attached hydrogens (primary N) is 1. The van der Waals surface area contributed by atoms with Gasteiger partial charge >= 0.3 is 0 Å². The van der Waals surface area contributed by atoms with Gasteiger partial charge in [-0.1, -0.05) is 17.7 Å². The van der Waals surface area contributed by atoms with Gasteiger partial charge in [0.15, 0.2) is 11.3 Å². The number of hydrogen-bond donors (Lipinski definition) is 3. The van der Waals surface area contributed by atoms with Crippen molar-refractivity contribution in [3.05, 3.63) is 40.4 Å². The fourth-order valence-corrected chi connectivity index (χ4v) is 3.58. The molecule has 1 aliphatic rings. The minimum absolute atomic E-state index is 0.0308. The quantitative estimate of drug-likeness (QED) is 0.592. The Labute approximate surface area is 165 Å². The molecule has 1 saturated heterocycles. The number of rotatable bonds is 5. The zero-order chi connectivity index (χ0) is 19.7. The Morgan fingerprint density at radius 3 is 3.04 bits per heavy atom. The van der Waals surface area contributed by atoms with E-state index in [1.54, 1.807) is 29.2 Å². The van der Waals surface area contributed by atoms with E-state index in [2.05, 4.69) is 20.4 Å². The highest BCUT2D eigenvalue weighted by Crippen LogP contribution is 2.27. The lowest BCUT2D eigenvalue weighted by molar-refractivity contribution is 0.0677. The van der Waals surface area contributed by atoms with E-state index >= 15 is 0 Å². The summed E-state index contributed by atoms with van der Waals surface area (Å²) in [5.74, 6) is 0.583. The average Bonchev–Trinajstić information content (AvgIpc) is 3.35. The number of anilines is 1. The SMILES string of the molecule is Nc1cc(OCc2ccc(C(=O)N3CCCC3CO)cc2Cl)c2n[nH]nc2n1. The third-order valence-electron chi connectivity index (χ3n) is 4.81. The Kier molecular flexibility index (Phi) is 5.01. The summed E-state index contributed by atoms with van der Waals surface area (Å²) in [6.07, 6.45) is 1.70. The molecule has 0 spiro atoms. The van der Waals surface area contributed by atoms with E-state index < -0.39 is 0 Å². The number of nitrogens with one attached hydrogen (secondary N) is 1. The molecular weight excluding hydrogens is 384 g/mol. The average molecular weight is 403 g/mol. The normalized spacial score (nSPS) is 16.6. The summed E-state index contributed by atoms with van der Waals surface area (Å²) in [7, 11) is 0. The number of aliphatic hydroxyl groups excluding tert-OH is 1. The summed E-state index contributed by atoms with van der Waals surface area (Å²) in [6.45, 7) is 0.780. The number of aromatic nitrogens is 4. The zero-order valence-corrected chi connectivity index (χ0v) is 15.7. The number of fused-ring (bicyclic) bond motifs is 1. The number of aliphatic hydroxyl groups is 1. The van der Waals surface area contributed by atoms with Gasteiger partial charge in [0.2, 0.25) is 5.65 Å². The number of aromatic amines is 1. The van der Waals surface area contributed by atoms with E-state index in [0.717, 1.165) is 12.8 Å². The molecule has 1 aromatic carbocycles. The number of halogens is 1. The van der Waals surface area contributed by atoms with Crippen molar-refractivity contribution in [2.24, 2.45) is 0 Å². The van der Waals surface area contributed by atoms with E-state index in [1.165, 1.54) is 0 Å². The van der Waals surface area contributed by atoms with Crippen LogP contribution in [0.4, 0.5) is 5.82 Å². The van der Waals surface area contributed by atoms with Crippen LogP contribution in [0.5, 0.6) is 5.75 Å². The lowest BCUT2D eigenvalue weighted by atomic mass is 10.1. The van der Waals surface area contributed by atoms with Crippen LogP contribution in [0.3, 0.4) is 0 Å². The molecule has 4 N–H and O–H groups in total. The number of carbonyl (C=O) groups is 1. The molecule has 1 amide bonds. The number of nitrogen functional groups attached to an aromatic ring is 1. The molecule has 1 aliphatic heterocycles. The highest BCUT2D eigenvalue weighted by Gasteiger charge is 2.29. The van der Waals surface area contributed by atoms with Crippen molar-refractivity contribution >= 4 is 34.5 Å². The molecule has 3 heterocycles. The molecule has 1 unspecified atom stereocenters. The molecule has 0 saturated carbocycles. The van der Waals surface area contributed by atoms with Gasteiger partial charge in [0.25, 0.3) is 5.91 Å². The van der Waals surface area contributed by atoms with Gasteiger partial charge < -0.3 is 20.5 Å². The monoisotopic (exact) mass is 402 g/mol. The molecule has 3 aromatic rings. The molecule has 9 nitrogen and oxygen atoms in total. The van der Waals surface area contributed by atoms with Crippen molar-refractivity contribution < 1.29 is 14.6 Å². The second-order valence-electron chi connectivity index (χ2n) is 6.61. The first kappa shape index (κ1) is 18.5. The van der Waals surface area contributed by atoms with Gasteiger partial charge in [-0.2, -0.15) is 10.3 Å². The van der Waals surface area contributed by atoms with Gasteiger partial charge in [-0.3, -0.25) is 4.79 Å². The van der Waals surface area contributed by atoms with Gasteiger partial charge in [0.1, 0.15) is 12.4 Å². The van der Waals surface area contributed by atoms with Crippen LogP contribution in [0.1, 0.15) is 28.8 Å². The number of amides is 1. The Hall–Kier alpha value is -2.91. The van der Waals surface area contributed by atoms with Crippen molar-refractivity contribution in [1.29, 1.82) is 0 Å². The summed E-state index contributed by atoms with van der Waals surface area (Å²) in [6, 6.07) is 6.54. The van der Waals surface area contributed by atoms with Crippen molar-refractivity contribution in [1.82, 2.24) is 25.3 Å². The second-order valence-corrected chi connectivity index (χ2v) is 7.02. The molecule has 28 heavy (non-hydrogen) atoms. The predicted octanol–water partition coefficient (Wildman–Crippen LogP) is 1.76. The van der Waals surface area contributed by atoms with Crippen LogP contribution in [-0.4, -0.2) is 55.5 Å². The summed E-state index contributed by atoms with van der Waals surface area (Å²) >= 11 is 6.37. The summed E-state index contributed by atoms with van der Waals surface area (Å²) < 4.78 is 5.80. The maximum atomic E-state index is 12.7. The predicted molar refractivity (Wildman–Crippen MR) is 103 cm³/mol. The Morgan fingerprint density at radius 1 is 1.39 bits per heavy atom. The number of ether oxygens (including phenoxy) is 1. The number of hydrogen-bond acceptors (Lipinski definition) is 7. The third kappa shape index (κ3) is 3.46. The first-order valence-corrected chi connectivity index (χ1v) is 9.24. The van der Waals surface area contributed by atoms with Gasteiger partial charge in [0.05, 0.1) is 12.6 Å². The second kappa shape index (κ2) is 7.61. The van der Waals surface area contributed by atoms with Gasteiger partial charge in [0, 0.05) is 28.8 Å². The molecule has 2 aromatic heterocycles. The maximum Gasteiger partial charge on any atom is 0.254 e. The molecule has 146 valence electrons. The van der Waals surface area contributed by atoms with Crippen LogP contribution < -0.4 is 10.5 Å². The first-order chi connectivity index (χ1) is 13.6. The van der Waals surface area contributed by atoms with Crippen LogP contribution in [0.25, 0.3) is 11.2 Å². The number of likely N-dealkylation sites (tertiary alicyclic amines) is 1. The van der Waals surface area contributed by atoms with E-state index in [9.17, 15) is 9.90 Å². The van der Waals surface area contributed by atoms with Crippen molar-refractivity contribution in [2.75, 3.05) is 18.9 Å². The number of carbonyl (C=O) groups excluding carboxylic acids is 1. The number of benzene rings is 1. The number of H-pyrrole nitrogens is 1. The van der Waals surface area contributed by atoms with Gasteiger partial charge in [-0.05, 0) is 25.0 Å². The van der Waals surface area contributed by atoms with Crippen molar-refractivity contribution in [3.63, 3.8) is 0 Å². The summed E-state index contributed by atoms with van der Waals surface area (Å²) in [5, 5.41) is 20.2. The minimum Gasteiger partial charge on any atom is -0.486 e. The van der Waals surface area contributed by atoms with Crippen LogP contribution in [0.15, 0.2) is 24.3 Å². The Morgan fingerprint density at radius 2 is 2.25 bits per heavy atom. The highest BCUT2D eigenvalue weighted by molar-refractivity contribution is 6.31. The topological polar surface area (TPSA) is 130 Å². The maximum absolute atomic E-state index is 12.7. The third-order valence-corrected chi connectivity index (χ3v) is 5.16. The van der Waals surface area contributed by atoms with Crippen LogP contribution >= 0.6 is 11.6 Å². The number of pyridine rings is 1. The fourth-order valence-electron chi connectivity index (χ4n) is 3.35. The van der Waals surface area contributed by atoms with E-state index in [1.807, 2.05) is 0 Å². The molecule has 1 fully saturated rings.